The lowest BCUT2D eigenvalue weighted by Gasteiger charge is -2.48. The summed E-state index contributed by atoms with van der Waals surface area (Å²) < 4.78 is 2.61. The number of nitrogens with zero attached hydrogens (tertiary/aromatic N) is 4. The van der Waals surface area contributed by atoms with Gasteiger partial charge < -0.3 is 9.80 Å². The molecule has 2 aromatic heterocycles. The zero-order valence-corrected chi connectivity index (χ0v) is 14.6. The summed E-state index contributed by atoms with van der Waals surface area (Å²) in [4.78, 5) is 10.8. The molecule has 1 aliphatic rings. The zero-order valence-electron chi connectivity index (χ0n) is 14.6. The number of fused-ring (bicyclic) bond motifs is 1. The number of pyridine rings is 1. The van der Waals surface area contributed by atoms with Crippen molar-refractivity contribution in [3.05, 3.63) is 34.6 Å². The third kappa shape index (κ3) is 2.84. The molecule has 0 saturated carbocycles. The largest absolute Gasteiger partial charge is 0.377 e. The molecule has 2 aromatic rings. The van der Waals surface area contributed by atoms with Gasteiger partial charge in [0.05, 0.1) is 42.8 Å². The lowest BCUT2D eigenvalue weighted by atomic mass is 9.94. The molecule has 1 fully saturated rings. The third-order valence-corrected chi connectivity index (χ3v) is 5.88. The Morgan fingerprint density at radius 3 is 2.79 bits per heavy atom. The fourth-order valence-corrected chi connectivity index (χ4v) is 3.91. The van der Waals surface area contributed by atoms with Gasteiger partial charge in [-0.05, 0) is 45.2 Å². The standard InChI is InChI=1S/C17H26N5O2/c1-13-6-4-7-14(2)22(13,3)11-9-18-15-8-5-10-20-17(15)16(12-19-20)21(23)24/h5,8,10,12-14,18H,4,6-7,9,11H2,1-3H3/q+1. The molecule has 1 saturated heterocycles. The minimum absolute atomic E-state index is 0.0400. The summed E-state index contributed by atoms with van der Waals surface area (Å²) in [6, 6.07) is 5.04. The molecule has 1 N–H and O–H groups in total. The van der Waals surface area contributed by atoms with Crippen LogP contribution >= 0.6 is 0 Å². The second-order valence-electron chi connectivity index (χ2n) is 7.13. The van der Waals surface area contributed by atoms with E-state index >= 15 is 0 Å². The first-order chi connectivity index (χ1) is 11.4. The fraction of sp³-hybridized carbons (Fsp3) is 0.588. The number of anilines is 1. The molecular weight excluding hydrogens is 306 g/mol. The van der Waals surface area contributed by atoms with Crippen LogP contribution in [0.5, 0.6) is 0 Å². The molecule has 1 aliphatic heterocycles. The van der Waals surface area contributed by atoms with E-state index in [-0.39, 0.29) is 10.6 Å². The minimum atomic E-state index is -0.379. The highest BCUT2D eigenvalue weighted by Gasteiger charge is 2.37. The SMILES string of the molecule is CC1CCCC(C)[N+]1(C)CCNc1cccn2ncc([N+](=O)[O-])c12. The highest BCUT2D eigenvalue weighted by Crippen LogP contribution is 2.30. The van der Waals surface area contributed by atoms with Crippen LogP contribution in [0.4, 0.5) is 11.4 Å². The van der Waals surface area contributed by atoms with Crippen LogP contribution in [0.2, 0.25) is 0 Å². The van der Waals surface area contributed by atoms with E-state index in [1.165, 1.54) is 25.5 Å². The van der Waals surface area contributed by atoms with Crippen molar-refractivity contribution in [2.45, 2.75) is 45.2 Å². The molecule has 3 rings (SSSR count). The summed E-state index contributed by atoms with van der Waals surface area (Å²) in [5.74, 6) is 0. The van der Waals surface area contributed by atoms with Crippen LogP contribution in [-0.4, -0.2) is 51.2 Å². The van der Waals surface area contributed by atoms with Gasteiger partial charge in [-0.15, -0.1) is 0 Å². The number of piperidine rings is 1. The Bertz CT molecular complexity index is 732. The van der Waals surface area contributed by atoms with E-state index in [9.17, 15) is 10.1 Å². The molecule has 0 amide bonds. The predicted molar refractivity (Wildman–Crippen MR) is 94.2 cm³/mol. The van der Waals surface area contributed by atoms with E-state index < -0.39 is 0 Å². The van der Waals surface area contributed by atoms with E-state index in [2.05, 4.69) is 31.3 Å². The van der Waals surface area contributed by atoms with Crippen LogP contribution in [0.25, 0.3) is 5.52 Å². The van der Waals surface area contributed by atoms with Gasteiger partial charge in [0.15, 0.2) is 5.52 Å². The number of nitro groups is 1. The Labute approximate surface area is 142 Å². The first kappa shape index (κ1) is 16.7. The van der Waals surface area contributed by atoms with Gasteiger partial charge in [-0.25, -0.2) is 4.52 Å². The summed E-state index contributed by atoms with van der Waals surface area (Å²) in [6.07, 6.45) is 6.89. The highest BCUT2D eigenvalue weighted by molar-refractivity contribution is 5.81. The lowest BCUT2D eigenvalue weighted by molar-refractivity contribution is -0.956. The number of hydrogen-bond donors (Lipinski definition) is 1. The van der Waals surface area contributed by atoms with E-state index in [1.807, 2.05) is 12.1 Å². The van der Waals surface area contributed by atoms with Gasteiger partial charge >= 0.3 is 5.69 Å². The van der Waals surface area contributed by atoms with Crippen LogP contribution in [0.1, 0.15) is 33.1 Å². The summed E-state index contributed by atoms with van der Waals surface area (Å²) in [5.41, 5.74) is 1.34. The Hall–Kier alpha value is -2.15. The molecule has 0 aromatic carbocycles. The van der Waals surface area contributed by atoms with Gasteiger partial charge in [0.1, 0.15) is 6.20 Å². The number of nitrogens with one attached hydrogen (secondary N) is 1. The predicted octanol–water partition coefficient (Wildman–Crippen LogP) is 3.06. The van der Waals surface area contributed by atoms with E-state index in [1.54, 1.807) is 10.7 Å². The van der Waals surface area contributed by atoms with Crippen LogP contribution in [0.3, 0.4) is 0 Å². The van der Waals surface area contributed by atoms with Crippen molar-refractivity contribution in [1.29, 1.82) is 0 Å². The van der Waals surface area contributed by atoms with Crippen LogP contribution in [0.15, 0.2) is 24.5 Å². The maximum atomic E-state index is 11.2. The Kier molecular flexibility index (Phi) is 4.45. The number of hydrogen-bond acceptors (Lipinski definition) is 4. The summed E-state index contributed by atoms with van der Waals surface area (Å²) >= 11 is 0. The van der Waals surface area contributed by atoms with Gasteiger partial charge in [0.2, 0.25) is 0 Å². The summed E-state index contributed by atoms with van der Waals surface area (Å²) in [6.45, 7) is 6.45. The molecule has 0 radical (unpaired) electrons. The molecule has 2 atom stereocenters. The molecule has 130 valence electrons. The van der Waals surface area contributed by atoms with Crippen molar-refractivity contribution in [2.75, 3.05) is 25.5 Å². The molecule has 7 heteroatoms. The van der Waals surface area contributed by atoms with Gasteiger partial charge in [0, 0.05) is 6.20 Å². The zero-order chi connectivity index (χ0) is 17.3. The van der Waals surface area contributed by atoms with E-state index in [4.69, 9.17) is 0 Å². The van der Waals surface area contributed by atoms with Crippen molar-refractivity contribution in [1.82, 2.24) is 9.61 Å². The highest BCUT2D eigenvalue weighted by atomic mass is 16.6. The average Bonchev–Trinajstić information content (AvgIpc) is 2.98. The van der Waals surface area contributed by atoms with Crippen molar-refractivity contribution in [3.8, 4) is 0 Å². The fourth-order valence-electron chi connectivity index (χ4n) is 3.91. The van der Waals surface area contributed by atoms with Crippen molar-refractivity contribution in [3.63, 3.8) is 0 Å². The summed E-state index contributed by atoms with van der Waals surface area (Å²) in [7, 11) is 2.33. The first-order valence-corrected chi connectivity index (χ1v) is 8.63. The van der Waals surface area contributed by atoms with Crippen LogP contribution in [0, 0.1) is 10.1 Å². The molecule has 0 aliphatic carbocycles. The summed E-state index contributed by atoms with van der Waals surface area (Å²) in [5, 5.41) is 18.7. The van der Waals surface area contributed by atoms with Crippen molar-refractivity contribution in [2.24, 2.45) is 0 Å². The number of rotatable bonds is 5. The maximum Gasteiger partial charge on any atom is 0.316 e. The normalized spacial score (nSPS) is 27.3. The maximum absolute atomic E-state index is 11.2. The van der Waals surface area contributed by atoms with Crippen LogP contribution in [-0.2, 0) is 0 Å². The van der Waals surface area contributed by atoms with Gasteiger partial charge in [-0.2, -0.15) is 5.10 Å². The van der Waals surface area contributed by atoms with E-state index in [0.29, 0.717) is 17.6 Å². The number of aromatic nitrogens is 2. The van der Waals surface area contributed by atoms with Gasteiger partial charge in [-0.1, -0.05) is 0 Å². The monoisotopic (exact) mass is 332 g/mol. The second-order valence-corrected chi connectivity index (χ2v) is 7.13. The minimum Gasteiger partial charge on any atom is -0.377 e. The Balaban J connectivity index is 1.76. The molecule has 0 spiro atoms. The van der Waals surface area contributed by atoms with Crippen LogP contribution < -0.4 is 5.32 Å². The second kappa shape index (κ2) is 6.39. The third-order valence-electron chi connectivity index (χ3n) is 5.88. The van der Waals surface area contributed by atoms with Crippen molar-refractivity contribution >= 4 is 16.9 Å². The molecule has 24 heavy (non-hydrogen) atoms. The molecule has 2 unspecified atom stereocenters. The number of quaternary nitrogens is 1. The molecule has 3 heterocycles. The number of likely N-dealkylation sites (tertiary alicyclic amines) is 1. The van der Waals surface area contributed by atoms with Gasteiger partial charge in [-0.3, -0.25) is 10.1 Å². The number of likely N-dealkylation sites (N-methyl/N-ethyl adjacent to an activating group) is 1. The van der Waals surface area contributed by atoms with E-state index in [0.717, 1.165) is 23.3 Å². The quantitative estimate of drug-likeness (QED) is 0.519. The lowest BCUT2D eigenvalue weighted by Crippen LogP contribution is -2.60. The average molecular weight is 332 g/mol. The Morgan fingerprint density at radius 2 is 2.12 bits per heavy atom. The Morgan fingerprint density at radius 1 is 1.42 bits per heavy atom. The molecule has 7 nitrogen and oxygen atoms in total. The first-order valence-electron chi connectivity index (χ1n) is 8.63. The topological polar surface area (TPSA) is 72.5 Å². The van der Waals surface area contributed by atoms with Crippen molar-refractivity contribution < 1.29 is 9.41 Å². The smallest absolute Gasteiger partial charge is 0.316 e. The van der Waals surface area contributed by atoms with Gasteiger partial charge in [0.25, 0.3) is 0 Å². The molecular formula is C17H26N5O2+. The molecule has 0 bridgehead atoms.